The van der Waals surface area contributed by atoms with Gasteiger partial charge in [-0.3, -0.25) is 4.79 Å². The van der Waals surface area contributed by atoms with Gasteiger partial charge in [-0.2, -0.15) is 5.10 Å². The Labute approximate surface area is 216 Å². The van der Waals surface area contributed by atoms with Crippen LogP contribution in [0.3, 0.4) is 0 Å². The van der Waals surface area contributed by atoms with E-state index >= 15 is 0 Å². The van der Waals surface area contributed by atoms with E-state index < -0.39 is 53.3 Å². The van der Waals surface area contributed by atoms with Crippen LogP contribution in [0.5, 0.6) is 0 Å². The topological polar surface area (TPSA) is 73.2 Å². The third kappa shape index (κ3) is 5.73. The first-order valence-corrected chi connectivity index (χ1v) is 11.1. The van der Waals surface area contributed by atoms with Crippen LogP contribution in [0.25, 0.3) is 23.0 Å². The highest BCUT2D eigenvalue weighted by atomic mass is 35.5. The average Bonchev–Trinajstić information content (AvgIpc) is 3.36. The maximum Gasteiger partial charge on any atom is 0.331 e. The van der Waals surface area contributed by atoms with Crippen molar-refractivity contribution >= 4 is 35.2 Å². The highest BCUT2D eigenvalue weighted by Gasteiger charge is 2.27. The van der Waals surface area contributed by atoms with Crippen LogP contribution in [-0.2, 0) is 14.3 Å². The van der Waals surface area contributed by atoms with E-state index in [4.69, 9.17) is 16.3 Å². The number of anilines is 1. The lowest BCUT2D eigenvalue weighted by atomic mass is 10.1. The van der Waals surface area contributed by atoms with Crippen molar-refractivity contribution in [3.63, 3.8) is 0 Å². The molecular formula is C26H15ClF5N3O3. The summed E-state index contributed by atoms with van der Waals surface area (Å²) in [4.78, 5) is 24.1. The summed E-state index contributed by atoms with van der Waals surface area (Å²) in [6.45, 7) is -1.06. The average molecular weight is 548 g/mol. The first kappa shape index (κ1) is 26.6. The minimum absolute atomic E-state index is 0.499. The minimum Gasteiger partial charge on any atom is -0.452 e. The summed E-state index contributed by atoms with van der Waals surface area (Å²) in [5.41, 5.74) is 0.880. The van der Waals surface area contributed by atoms with Crippen LogP contribution in [0.2, 0.25) is 5.02 Å². The standard InChI is InChI=1S/C26H15ClF5N3O3/c27-16-9-6-14(7-10-16)25-15(12-35(34-25)17-4-2-1-3-5-17)8-11-19(37)38-13-18(36)33-26-23(31)21(29)20(28)22(30)24(26)32/h1-12H,13H2,(H,33,36)/b11-8+. The molecule has 0 aliphatic heterocycles. The van der Waals surface area contributed by atoms with Gasteiger partial charge in [-0.25, -0.2) is 31.4 Å². The number of hydrogen-bond acceptors (Lipinski definition) is 4. The van der Waals surface area contributed by atoms with E-state index in [1.807, 2.05) is 30.3 Å². The molecule has 12 heteroatoms. The van der Waals surface area contributed by atoms with E-state index in [0.717, 1.165) is 11.8 Å². The molecule has 4 rings (SSSR count). The first-order chi connectivity index (χ1) is 18.2. The SMILES string of the molecule is O=C(COC(=O)/C=C/c1cn(-c2ccccc2)nc1-c1ccc(Cl)cc1)Nc1c(F)c(F)c(F)c(F)c1F. The quantitative estimate of drug-likeness (QED) is 0.1000. The smallest absolute Gasteiger partial charge is 0.331 e. The molecule has 1 aromatic heterocycles. The van der Waals surface area contributed by atoms with E-state index in [9.17, 15) is 31.5 Å². The van der Waals surface area contributed by atoms with Crippen LogP contribution < -0.4 is 5.32 Å². The number of halogens is 6. The number of esters is 1. The number of nitrogens with one attached hydrogen (secondary N) is 1. The van der Waals surface area contributed by atoms with Crippen LogP contribution >= 0.6 is 11.6 Å². The monoisotopic (exact) mass is 547 g/mol. The fraction of sp³-hybridized carbons (Fsp3) is 0.0385. The molecule has 0 aliphatic carbocycles. The lowest BCUT2D eigenvalue weighted by molar-refractivity contribution is -0.142. The maximum atomic E-state index is 13.7. The molecule has 0 radical (unpaired) electrons. The second-order valence-electron chi connectivity index (χ2n) is 7.65. The number of hydrogen-bond donors (Lipinski definition) is 1. The van der Waals surface area contributed by atoms with E-state index in [2.05, 4.69) is 5.10 Å². The molecule has 1 heterocycles. The molecule has 194 valence electrons. The number of ether oxygens (including phenoxy) is 1. The van der Waals surface area contributed by atoms with Gasteiger partial charge < -0.3 is 10.1 Å². The Balaban J connectivity index is 1.48. The Morgan fingerprint density at radius 1 is 0.895 bits per heavy atom. The second-order valence-corrected chi connectivity index (χ2v) is 8.09. The van der Waals surface area contributed by atoms with Gasteiger partial charge in [0, 0.05) is 28.4 Å². The van der Waals surface area contributed by atoms with Crippen molar-refractivity contribution in [2.24, 2.45) is 0 Å². The van der Waals surface area contributed by atoms with Crippen molar-refractivity contribution in [1.29, 1.82) is 0 Å². The molecule has 0 fully saturated rings. The Morgan fingerprint density at radius 2 is 1.50 bits per heavy atom. The molecule has 4 aromatic rings. The van der Waals surface area contributed by atoms with Gasteiger partial charge in [0.25, 0.3) is 5.91 Å². The van der Waals surface area contributed by atoms with Crippen LogP contribution in [0.1, 0.15) is 5.56 Å². The second kappa shape index (κ2) is 11.3. The Morgan fingerprint density at radius 3 is 2.13 bits per heavy atom. The summed E-state index contributed by atoms with van der Waals surface area (Å²) >= 11 is 5.96. The Bertz CT molecular complexity index is 1510. The molecule has 0 spiro atoms. The van der Waals surface area contributed by atoms with Crippen LogP contribution in [0, 0.1) is 29.1 Å². The molecule has 3 aromatic carbocycles. The van der Waals surface area contributed by atoms with Gasteiger partial charge in [-0.15, -0.1) is 0 Å². The van der Waals surface area contributed by atoms with Crippen molar-refractivity contribution in [3.05, 3.63) is 107 Å². The number of amides is 1. The largest absolute Gasteiger partial charge is 0.452 e. The number of carbonyl (C=O) groups excluding carboxylic acids is 2. The molecule has 0 saturated carbocycles. The molecule has 1 N–H and O–H groups in total. The minimum atomic E-state index is -2.37. The molecule has 0 saturated heterocycles. The van der Waals surface area contributed by atoms with Crippen molar-refractivity contribution in [2.75, 3.05) is 11.9 Å². The summed E-state index contributed by atoms with van der Waals surface area (Å²) in [6, 6.07) is 15.9. The molecule has 6 nitrogen and oxygen atoms in total. The predicted molar refractivity (Wildman–Crippen MR) is 129 cm³/mol. The normalized spacial score (nSPS) is 11.1. The van der Waals surface area contributed by atoms with E-state index in [-0.39, 0.29) is 0 Å². The number of para-hydroxylation sites is 1. The summed E-state index contributed by atoms with van der Waals surface area (Å²) in [5, 5.41) is 6.59. The van der Waals surface area contributed by atoms with Crippen LogP contribution in [0.4, 0.5) is 27.6 Å². The number of aromatic nitrogens is 2. The number of benzene rings is 3. The number of nitrogens with zero attached hydrogens (tertiary/aromatic N) is 2. The first-order valence-electron chi connectivity index (χ1n) is 10.7. The lowest BCUT2D eigenvalue weighted by Crippen LogP contribution is -2.22. The maximum absolute atomic E-state index is 13.7. The zero-order valence-corrected chi connectivity index (χ0v) is 19.8. The number of carbonyl (C=O) groups is 2. The molecular weight excluding hydrogens is 533 g/mol. The highest BCUT2D eigenvalue weighted by molar-refractivity contribution is 6.30. The Kier molecular flexibility index (Phi) is 7.87. The van der Waals surface area contributed by atoms with Gasteiger partial charge in [-0.1, -0.05) is 41.9 Å². The van der Waals surface area contributed by atoms with Crippen molar-refractivity contribution in [3.8, 4) is 16.9 Å². The third-order valence-corrected chi connectivity index (χ3v) is 5.35. The van der Waals surface area contributed by atoms with Crippen molar-refractivity contribution in [1.82, 2.24) is 9.78 Å². The summed E-state index contributed by atoms with van der Waals surface area (Å²) in [5.74, 6) is -13.6. The summed E-state index contributed by atoms with van der Waals surface area (Å²) < 4.78 is 73.5. The number of rotatable bonds is 7. The van der Waals surface area contributed by atoms with Crippen LogP contribution in [0.15, 0.2) is 66.9 Å². The highest BCUT2D eigenvalue weighted by Crippen LogP contribution is 2.28. The van der Waals surface area contributed by atoms with Crippen molar-refractivity contribution in [2.45, 2.75) is 0 Å². The van der Waals surface area contributed by atoms with Gasteiger partial charge in [0.2, 0.25) is 5.82 Å². The molecule has 38 heavy (non-hydrogen) atoms. The molecule has 0 atom stereocenters. The summed E-state index contributed by atoms with van der Waals surface area (Å²) in [7, 11) is 0. The molecule has 1 amide bonds. The van der Waals surface area contributed by atoms with Gasteiger partial charge in [-0.05, 0) is 30.3 Å². The van der Waals surface area contributed by atoms with Crippen molar-refractivity contribution < 1.29 is 36.3 Å². The lowest BCUT2D eigenvalue weighted by Gasteiger charge is -2.09. The van der Waals surface area contributed by atoms with Gasteiger partial charge >= 0.3 is 5.97 Å². The summed E-state index contributed by atoms with van der Waals surface area (Å²) in [6.07, 6.45) is 4.01. The zero-order chi connectivity index (χ0) is 27.4. The fourth-order valence-corrected chi connectivity index (χ4v) is 3.41. The Hall–Kier alpha value is -4.51. The predicted octanol–water partition coefficient (Wildman–Crippen LogP) is 6.08. The fourth-order valence-electron chi connectivity index (χ4n) is 3.29. The van der Waals surface area contributed by atoms with E-state index in [1.165, 1.54) is 11.4 Å². The van der Waals surface area contributed by atoms with E-state index in [1.54, 1.807) is 35.1 Å². The molecule has 0 aliphatic rings. The van der Waals surface area contributed by atoms with Gasteiger partial charge in [0.05, 0.1) is 11.4 Å². The van der Waals surface area contributed by atoms with Gasteiger partial charge in [0.1, 0.15) is 5.69 Å². The molecule has 0 unspecified atom stereocenters. The van der Waals surface area contributed by atoms with E-state index in [0.29, 0.717) is 21.8 Å². The van der Waals surface area contributed by atoms with Gasteiger partial charge in [0.15, 0.2) is 29.9 Å². The van der Waals surface area contributed by atoms with Crippen LogP contribution in [-0.4, -0.2) is 28.3 Å². The third-order valence-electron chi connectivity index (χ3n) is 5.10. The zero-order valence-electron chi connectivity index (χ0n) is 19.0. The molecule has 0 bridgehead atoms.